The lowest BCUT2D eigenvalue weighted by atomic mass is 9.90. The molecule has 1 aromatic carbocycles. The Morgan fingerprint density at radius 1 is 1.29 bits per heavy atom. The number of carbonyl (C=O) groups is 1. The van der Waals surface area contributed by atoms with Crippen molar-refractivity contribution in [2.45, 2.75) is 44.6 Å². The number of rotatable bonds is 5. The van der Waals surface area contributed by atoms with Gasteiger partial charge in [-0.3, -0.25) is 9.69 Å². The zero-order valence-electron chi connectivity index (χ0n) is 13.6. The Morgan fingerprint density at radius 2 is 1.88 bits per heavy atom. The van der Waals surface area contributed by atoms with Crippen molar-refractivity contribution in [3.05, 3.63) is 35.9 Å². The molecule has 2 N–H and O–H groups in total. The number of benzene rings is 1. The molecular formula is C17H23F3N2O2. The molecule has 4 nitrogen and oxygen atoms in total. The van der Waals surface area contributed by atoms with Gasteiger partial charge in [0.2, 0.25) is 5.91 Å². The first-order valence-electron chi connectivity index (χ1n) is 8.09. The van der Waals surface area contributed by atoms with Crippen LogP contribution in [0.1, 0.15) is 25.3 Å². The molecule has 0 spiro atoms. The summed E-state index contributed by atoms with van der Waals surface area (Å²) < 4.78 is 37.7. The number of likely N-dealkylation sites (tertiary alicyclic amines) is 1. The Bertz CT molecular complexity index is 528. The van der Waals surface area contributed by atoms with Crippen molar-refractivity contribution in [3.8, 4) is 0 Å². The predicted octanol–water partition coefficient (Wildman–Crippen LogP) is 2.33. The van der Waals surface area contributed by atoms with Gasteiger partial charge < -0.3 is 10.4 Å². The van der Waals surface area contributed by atoms with Gasteiger partial charge >= 0.3 is 6.18 Å². The molecule has 0 saturated carbocycles. The Kier molecular flexibility index (Phi) is 6.23. The standard InChI is InChI=1S/C17H23F3N2O2/c1-12(16(24)21-11-13-5-3-2-4-6-13)22-9-7-14(8-10-22)15(23)17(18,19)20/h2-6,12,14-15,23H,7-11H2,1H3,(H,21,24). The molecular weight excluding hydrogens is 321 g/mol. The molecule has 0 radical (unpaired) electrons. The average Bonchev–Trinajstić information content (AvgIpc) is 2.58. The van der Waals surface area contributed by atoms with Crippen LogP contribution in [0, 0.1) is 5.92 Å². The first-order valence-corrected chi connectivity index (χ1v) is 8.09. The van der Waals surface area contributed by atoms with Crippen LogP contribution in [-0.4, -0.2) is 47.3 Å². The van der Waals surface area contributed by atoms with E-state index in [1.807, 2.05) is 35.2 Å². The van der Waals surface area contributed by atoms with E-state index in [4.69, 9.17) is 0 Å². The molecule has 1 saturated heterocycles. The molecule has 134 valence electrons. The number of nitrogens with one attached hydrogen (secondary N) is 1. The number of amides is 1. The quantitative estimate of drug-likeness (QED) is 0.862. The smallest absolute Gasteiger partial charge is 0.383 e. The molecule has 1 aromatic rings. The van der Waals surface area contributed by atoms with Gasteiger partial charge in [0.1, 0.15) is 0 Å². The van der Waals surface area contributed by atoms with Gasteiger partial charge in [-0.15, -0.1) is 0 Å². The second kappa shape index (κ2) is 7.98. The Hall–Kier alpha value is -1.60. The van der Waals surface area contributed by atoms with Crippen LogP contribution in [0.3, 0.4) is 0 Å². The van der Waals surface area contributed by atoms with Gasteiger partial charge in [-0.25, -0.2) is 0 Å². The molecule has 0 bridgehead atoms. The third-order valence-corrected chi connectivity index (χ3v) is 4.59. The second-order valence-corrected chi connectivity index (χ2v) is 6.24. The van der Waals surface area contributed by atoms with Gasteiger partial charge in [0.25, 0.3) is 0 Å². The van der Waals surface area contributed by atoms with Crippen molar-refractivity contribution < 1.29 is 23.1 Å². The largest absolute Gasteiger partial charge is 0.414 e. The van der Waals surface area contributed by atoms with E-state index in [2.05, 4.69) is 5.32 Å². The van der Waals surface area contributed by atoms with Crippen LogP contribution in [0.4, 0.5) is 13.2 Å². The van der Waals surface area contributed by atoms with E-state index in [-0.39, 0.29) is 18.7 Å². The van der Waals surface area contributed by atoms with Crippen LogP contribution in [-0.2, 0) is 11.3 Å². The van der Waals surface area contributed by atoms with E-state index in [0.29, 0.717) is 19.6 Å². The van der Waals surface area contributed by atoms with E-state index in [0.717, 1.165) is 5.56 Å². The highest BCUT2D eigenvalue weighted by atomic mass is 19.4. The van der Waals surface area contributed by atoms with Crippen molar-refractivity contribution in [1.82, 2.24) is 10.2 Å². The van der Waals surface area contributed by atoms with Gasteiger partial charge in [0, 0.05) is 6.54 Å². The average molecular weight is 344 g/mol. The van der Waals surface area contributed by atoms with Crippen LogP contribution in [0.2, 0.25) is 0 Å². The van der Waals surface area contributed by atoms with Crippen LogP contribution in [0.15, 0.2) is 30.3 Å². The first kappa shape index (κ1) is 18.7. The number of piperidine rings is 1. The Morgan fingerprint density at radius 3 is 2.42 bits per heavy atom. The highest BCUT2D eigenvalue weighted by Crippen LogP contribution is 2.31. The highest BCUT2D eigenvalue weighted by Gasteiger charge is 2.44. The van der Waals surface area contributed by atoms with E-state index in [1.54, 1.807) is 6.92 Å². The number of nitrogens with zero attached hydrogens (tertiary/aromatic N) is 1. The zero-order valence-corrected chi connectivity index (χ0v) is 13.6. The summed E-state index contributed by atoms with van der Waals surface area (Å²) in [5.74, 6) is -0.936. The molecule has 0 aromatic heterocycles. The maximum absolute atomic E-state index is 12.6. The minimum Gasteiger partial charge on any atom is -0.383 e. The molecule has 1 aliphatic rings. The fraction of sp³-hybridized carbons (Fsp3) is 0.588. The van der Waals surface area contributed by atoms with Crippen LogP contribution >= 0.6 is 0 Å². The molecule has 1 heterocycles. The molecule has 2 atom stereocenters. The van der Waals surface area contributed by atoms with E-state index in [1.165, 1.54) is 0 Å². The highest BCUT2D eigenvalue weighted by molar-refractivity contribution is 5.81. The minimum atomic E-state index is -4.58. The lowest BCUT2D eigenvalue weighted by Crippen LogP contribution is -2.50. The third kappa shape index (κ3) is 4.95. The first-order chi connectivity index (χ1) is 11.3. The monoisotopic (exact) mass is 344 g/mol. The van der Waals surface area contributed by atoms with Gasteiger partial charge in [-0.1, -0.05) is 30.3 Å². The molecule has 7 heteroatoms. The summed E-state index contributed by atoms with van der Waals surface area (Å²) in [4.78, 5) is 14.1. The predicted molar refractivity (Wildman–Crippen MR) is 84.1 cm³/mol. The molecule has 1 amide bonds. The van der Waals surface area contributed by atoms with Crippen molar-refractivity contribution >= 4 is 5.91 Å². The van der Waals surface area contributed by atoms with Crippen LogP contribution < -0.4 is 5.32 Å². The number of aliphatic hydroxyl groups is 1. The molecule has 24 heavy (non-hydrogen) atoms. The summed E-state index contributed by atoms with van der Waals surface area (Å²) in [6, 6.07) is 9.10. The normalized spacial score (nSPS) is 19.7. The summed E-state index contributed by atoms with van der Waals surface area (Å²) in [5.41, 5.74) is 0.991. The number of halogens is 3. The van der Waals surface area contributed by atoms with Gasteiger partial charge in [0.05, 0.1) is 6.04 Å². The van der Waals surface area contributed by atoms with Gasteiger partial charge in [-0.05, 0) is 44.3 Å². The fourth-order valence-electron chi connectivity index (χ4n) is 2.99. The van der Waals surface area contributed by atoms with Gasteiger partial charge in [-0.2, -0.15) is 13.2 Å². The van der Waals surface area contributed by atoms with Gasteiger partial charge in [0.15, 0.2) is 6.10 Å². The van der Waals surface area contributed by atoms with Crippen molar-refractivity contribution in [2.75, 3.05) is 13.1 Å². The molecule has 1 aliphatic heterocycles. The van der Waals surface area contributed by atoms with Crippen LogP contribution in [0.5, 0.6) is 0 Å². The fourth-order valence-corrected chi connectivity index (χ4v) is 2.99. The summed E-state index contributed by atoms with van der Waals surface area (Å²) in [6.45, 7) is 2.92. The number of hydrogen-bond donors (Lipinski definition) is 2. The lowest BCUT2D eigenvalue weighted by molar-refractivity contribution is -0.223. The number of carbonyl (C=O) groups excluding carboxylic acids is 1. The summed E-state index contributed by atoms with van der Waals surface area (Å²) in [5, 5.41) is 12.2. The summed E-state index contributed by atoms with van der Waals surface area (Å²) in [7, 11) is 0. The molecule has 2 rings (SSSR count). The maximum atomic E-state index is 12.6. The molecule has 2 unspecified atom stereocenters. The topological polar surface area (TPSA) is 52.6 Å². The summed E-state index contributed by atoms with van der Waals surface area (Å²) in [6.07, 6.45) is -6.39. The Labute approximate surface area is 139 Å². The minimum absolute atomic E-state index is 0.145. The number of aliphatic hydroxyl groups excluding tert-OH is 1. The second-order valence-electron chi connectivity index (χ2n) is 6.24. The maximum Gasteiger partial charge on any atom is 0.414 e. The third-order valence-electron chi connectivity index (χ3n) is 4.59. The van der Waals surface area contributed by atoms with Crippen molar-refractivity contribution in [2.24, 2.45) is 5.92 Å². The number of hydrogen-bond acceptors (Lipinski definition) is 3. The SMILES string of the molecule is CC(C(=O)NCc1ccccc1)N1CCC(C(O)C(F)(F)F)CC1. The summed E-state index contributed by atoms with van der Waals surface area (Å²) >= 11 is 0. The lowest BCUT2D eigenvalue weighted by Gasteiger charge is -2.37. The zero-order chi connectivity index (χ0) is 17.7. The van der Waals surface area contributed by atoms with E-state index in [9.17, 15) is 23.1 Å². The van der Waals surface area contributed by atoms with E-state index >= 15 is 0 Å². The van der Waals surface area contributed by atoms with Crippen molar-refractivity contribution in [3.63, 3.8) is 0 Å². The Balaban J connectivity index is 1.79. The molecule has 1 fully saturated rings. The molecule has 0 aliphatic carbocycles. The van der Waals surface area contributed by atoms with Crippen LogP contribution in [0.25, 0.3) is 0 Å². The van der Waals surface area contributed by atoms with E-state index < -0.39 is 24.2 Å². The van der Waals surface area contributed by atoms with Crippen molar-refractivity contribution in [1.29, 1.82) is 0 Å². The number of alkyl halides is 3.